The number of carbonyl (C=O) groups is 1. The van der Waals surface area contributed by atoms with E-state index < -0.39 is 0 Å². The summed E-state index contributed by atoms with van der Waals surface area (Å²) in [5.74, 6) is 0.226. The van der Waals surface area contributed by atoms with Crippen molar-refractivity contribution in [3.63, 3.8) is 0 Å². The lowest BCUT2D eigenvalue weighted by atomic mass is 9.96. The fourth-order valence-corrected chi connectivity index (χ4v) is 6.05. The Labute approximate surface area is 208 Å². The number of ether oxygens (including phenoxy) is 2. The quantitative estimate of drug-likeness (QED) is 0.160. The molecule has 6 nitrogen and oxygen atoms in total. The van der Waals surface area contributed by atoms with Crippen molar-refractivity contribution in [3.8, 4) is 0 Å². The highest BCUT2D eigenvalue weighted by Gasteiger charge is 2.28. The van der Waals surface area contributed by atoms with Gasteiger partial charge in [-0.1, -0.05) is 75.7 Å². The van der Waals surface area contributed by atoms with Crippen molar-refractivity contribution in [1.82, 2.24) is 9.55 Å². The van der Waals surface area contributed by atoms with Crippen LogP contribution in [-0.2, 0) is 33.8 Å². The van der Waals surface area contributed by atoms with E-state index in [2.05, 4.69) is 20.8 Å². The van der Waals surface area contributed by atoms with Gasteiger partial charge in [0.25, 0.3) is 5.56 Å². The van der Waals surface area contributed by atoms with E-state index in [4.69, 9.17) is 14.5 Å². The molecule has 0 amide bonds. The Morgan fingerprint density at radius 3 is 2.82 bits per heavy atom. The number of esters is 1. The van der Waals surface area contributed by atoms with Crippen molar-refractivity contribution in [3.05, 3.63) is 56.7 Å². The molecule has 34 heavy (non-hydrogen) atoms. The molecular formula is C26H32N2O4S2. The highest BCUT2D eigenvalue weighted by Crippen LogP contribution is 2.36. The van der Waals surface area contributed by atoms with E-state index >= 15 is 0 Å². The summed E-state index contributed by atoms with van der Waals surface area (Å²) in [5.41, 5.74) is 2.05. The van der Waals surface area contributed by atoms with Crippen molar-refractivity contribution in [2.24, 2.45) is 5.92 Å². The monoisotopic (exact) mass is 500 g/mol. The molecule has 1 aliphatic heterocycles. The summed E-state index contributed by atoms with van der Waals surface area (Å²) in [6.45, 7) is 7.77. The second-order valence-electron chi connectivity index (χ2n) is 8.97. The molecule has 1 aliphatic rings. The molecule has 0 N–H and O–H groups in total. The fraction of sp³-hybridized carbons (Fsp3) is 0.500. The highest BCUT2D eigenvalue weighted by atomic mass is 32.2. The minimum Gasteiger partial charge on any atom is -0.465 e. The molecule has 0 saturated carbocycles. The number of benzene rings is 1. The number of carbonyl (C=O) groups excluding carboxylic acids is 1. The van der Waals surface area contributed by atoms with Gasteiger partial charge in [-0.2, -0.15) is 0 Å². The number of hydrogen-bond donors (Lipinski definition) is 0. The molecule has 2 aromatic heterocycles. The number of aromatic nitrogens is 2. The van der Waals surface area contributed by atoms with E-state index in [0.717, 1.165) is 46.5 Å². The molecule has 0 spiro atoms. The summed E-state index contributed by atoms with van der Waals surface area (Å²) in [7, 11) is 0. The molecule has 1 aromatic carbocycles. The second-order valence-corrected chi connectivity index (χ2v) is 11.0. The van der Waals surface area contributed by atoms with Crippen LogP contribution < -0.4 is 5.56 Å². The lowest BCUT2D eigenvalue weighted by Gasteiger charge is -2.26. The fourth-order valence-electron chi connectivity index (χ4n) is 4.09. The number of nitrogens with zero attached hydrogens (tertiary/aromatic N) is 2. The zero-order chi connectivity index (χ0) is 24.1. The Kier molecular flexibility index (Phi) is 8.45. The van der Waals surface area contributed by atoms with Crippen LogP contribution in [0.4, 0.5) is 0 Å². The average molecular weight is 501 g/mol. The molecule has 0 fully saturated rings. The van der Waals surface area contributed by atoms with Gasteiger partial charge in [-0.15, -0.1) is 11.3 Å². The van der Waals surface area contributed by atoms with Crippen LogP contribution >= 0.6 is 23.1 Å². The second kappa shape index (κ2) is 11.5. The molecule has 0 radical (unpaired) electrons. The molecule has 0 saturated heterocycles. The Morgan fingerprint density at radius 2 is 2.09 bits per heavy atom. The van der Waals surface area contributed by atoms with Crippen molar-refractivity contribution < 1.29 is 14.3 Å². The Hall–Kier alpha value is -2.16. The first-order valence-corrected chi connectivity index (χ1v) is 13.8. The summed E-state index contributed by atoms with van der Waals surface area (Å²) in [5, 5.41) is 1.25. The molecular weight excluding hydrogens is 468 g/mol. The maximum absolute atomic E-state index is 13.8. The maximum atomic E-state index is 13.8. The summed E-state index contributed by atoms with van der Waals surface area (Å²) >= 11 is 2.80. The van der Waals surface area contributed by atoms with E-state index in [9.17, 15) is 9.59 Å². The van der Waals surface area contributed by atoms with Crippen LogP contribution in [0.5, 0.6) is 0 Å². The zero-order valence-electron chi connectivity index (χ0n) is 20.0. The topological polar surface area (TPSA) is 70.4 Å². The molecule has 1 atom stereocenters. The van der Waals surface area contributed by atoms with E-state index in [1.165, 1.54) is 23.1 Å². The summed E-state index contributed by atoms with van der Waals surface area (Å²) in [6.07, 6.45) is 3.82. The van der Waals surface area contributed by atoms with E-state index in [1.54, 1.807) is 4.57 Å². The molecule has 3 aromatic rings. The normalized spacial score (nSPS) is 15.6. The van der Waals surface area contributed by atoms with Crippen molar-refractivity contribution >= 4 is 39.3 Å². The van der Waals surface area contributed by atoms with Gasteiger partial charge in [0.1, 0.15) is 4.83 Å². The van der Waals surface area contributed by atoms with Gasteiger partial charge in [-0.3, -0.25) is 14.2 Å². The van der Waals surface area contributed by atoms with Crippen LogP contribution in [0.15, 0.2) is 40.3 Å². The van der Waals surface area contributed by atoms with E-state index in [1.807, 2.05) is 30.3 Å². The van der Waals surface area contributed by atoms with Gasteiger partial charge in [0.15, 0.2) is 5.16 Å². The first kappa shape index (κ1) is 24.9. The van der Waals surface area contributed by atoms with Gasteiger partial charge < -0.3 is 9.47 Å². The van der Waals surface area contributed by atoms with Crippen molar-refractivity contribution in [1.29, 1.82) is 0 Å². The predicted octanol–water partition coefficient (Wildman–Crippen LogP) is 5.43. The van der Waals surface area contributed by atoms with Crippen LogP contribution in [0.1, 0.15) is 56.0 Å². The van der Waals surface area contributed by atoms with E-state index in [-0.39, 0.29) is 23.4 Å². The number of thiophene rings is 1. The average Bonchev–Trinajstić information content (AvgIpc) is 3.21. The predicted molar refractivity (Wildman–Crippen MR) is 138 cm³/mol. The SMILES string of the molecule is CCCCCOC(=O)CSc1nc2sc3c(c2c(=O)n1Cc1ccccc1)CC(C(C)C)OC3. The lowest BCUT2D eigenvalue weighted by molar-refractivity contribution is -0.140. The minimum atomic E-state index is -0.277. The Balaban J connectivity index is 1.66. The Morgan fingerprint density at radius 1 is 1.29 bits per heavy atom. The van der Waals surface area contributed by atoms with Gasteiger partial charge >= 0.3 is 5.97 Å². The van der Waals surface area contributed by atoms with Gasteiger partial charge in [0.05, 0.1) is 37.0 Å². The molecule has 8 heteroatoms. The zero-order valence-corrected chi connectivity index (χ0v) is 21.7. The molecule has 3 heterocycles. The first-order chi connectivity index (χ1) is 16.5. The minimum absolute atomic E-state index is 0.0467. The summed E-state index contributed by atoms with van der Waals surface area (Å²) < 4.78 is 13.1. The number of fused-ring (bicyclic) bond motifs is 3. The van der Waals surface area contributed by atoms with Crippen molar-refractivity contribution in [2.75, 3.05) is 12.4 Å². The number of thioether (sulfide) groups is 1. The molecule has 0 bridgehead atoms. The van der Waals surface area contributed by atoms with Crippen molar-refractivity contribution in [2.45, 2.75) is 70.9 Å². The van der Waals surface area contributed by atoms with Crippen LogP contribution in [0.2, 0.25) is 0 Å². The maximum Gasteiger partial charge on any atom is 0.316 e. The first-order valence-electron chi connectivity index (χ1n) is 12.0. The van der Waals surface area contributed by atoms with Crippen LogP contribution in [0.25, 0.3) is 10.2 Å². The van der Waals surface area contributed by atoms with Gasteiger partial charge in [0.2, 0.25) is 0 Å². The van der Waals surface area contributed by atoms with Crippen LogP contribution in [-0.4, -0.2) is 34.0 Å². The van der Waals surface area contributed by atoms with Gasteiger partial charge in [-0.25, -0.2) is 4.98 Å². The van der Waals surface area contributed by atoms with Gasteiger partial charge in [-0.05, 0) is 23.5 Å². The number of unbranched alkanes of at least 4 members (excludes halogenated alkanes) is 2. The molecule has 1 unspecified atom stereocenters. The molecule has 0 aliphatic carbocycles. The third-order valence-corrected chi connectivity index (χ3v) is 8.10. The third-order valence-electron chi connectivity index (χ3n) is 6.05. The number of rotatable bonds is 10. The number of hydrogen-bond acceptors (Lipinski definition) is 7. The third kappa shape index (κ3) is 5.73. The van der Waals surface area contributed by atoms with Crippen LogP contribution in [0, 0.1) is 5.92 Å². The Bertz CT molecular complexity index is 1190. The van der Waals surface area contributed by atoms with Crippen LogP contribution in [0.3, 0.4) is 0 Å². The molecule has 4 rings (SSSR count). The largest absolute Gasteiger partial charge is 0.465 e. The highest BCUT2D eigenvalue weighted by molar-refractivity contribution is 7.99. The summed E-state index contributed by atoms with van der Waals surface area (Å²) in [6, 6.07) is 9.88. The molecule has 182 valence electrons. The lowest BCUT2D eigenvalue weighted by Crippen LogP contribution is -2.29. The van der Waals surface area contributed by atoms with Gasteiger partial charge in [0, 0.05) is 11.3 Å². The standard InChI is InChI=1S/C26H32N2O4S2/c1-4-5-9-12-31-22(29)16-33-26-27-24-23(19-13-20(17(2)3)32-15-21(19)34-24)25(30)28(26)14-18-10-7-6-8-11-18/h6-8,10-11,17,20H,4-5,9,12-16H2,1-3H3. The smallest absolute Gasteiger partial charge is 0.316 e. The summed E-state index contributed by atoms with van der Waals surface area (Å²) in [4.78, 5) is 32.8. The van der Waals surface area contributed by atoms with E-state index in [0.29, 0.717) is 36.2 Å².